The van der Waals surface area contributed by atoms with Crippen molar-refractivity contribution in [3.8, 4) is 0 Å². The summed E-state index contributed by atoms with van der Waals surface area (Å²) in [5.41, 5.74) is 1.70. The summed E-state index contributed by atoms with van der Waals surface area (Å²) in [5.74, 6) is -0.533. The molecule has 3 aromatic carbocycles. The van der Waals surface area contributed by atoms with E-state index >= 15 is 0 Å². The fourth-order valence-electron chi connectivity index (χ4n) is 4.06. The number of carbonyl (C=O) groups excluding carboxylic acids is 3. The van der Waals surface area contributed by atoms with Gasteiger partial charge in [-0.15, -0.1) is 11.8 Å². The van der Waals surface area contributed by atoms with Gasteiger partial charge in [0.05, 0.1) is 13.0 Å². The summed E-state index contributed by atoms with van der Waals surface area (Å²) in [4.78, 5) is 42.4. The molecule has 8 heteroatoms. The van der Waals surface area contributed by atoms with Crippen LogP contribution < -0.4 is 5.32 Å². The van der Waals surface area contributed by atoms with Crippen LogP contribution in [0.1, 0.15) is 31.4 Å². The first-order valence-corrected chi connectivity index (χ1v) is 13.9. The Labute approximate surface area is 234 Å². The molecule has 1 N–H and O–H groups in total. The molecule has 0 aromatic heterocycles. The van der Waals surface area contributed by atoms with Crippen LogP contribution in [0.2, 0.25) is 0 Å². The lowest BCUT2D eigenvalue weighted by atomic mass is 10.0. The lowest BCUT2D eigenvalue weighted by Gasteiger charge is -2.33. The molecule has 206 valence electrons. The van der Waals surface area contributed by atoms with Crippen LogP contribution in [0.3, 0.4) is 0 Å². The third kappa shape index (κ3) is 9.80. The first kappa shape index (κ1) is 29.8. The Balaban J connectivity index is 1.87. The third-order valence-electron chi connectivity index (χ3n) is 6.03. The summed E-state index contributed by atoms with van der Waals surface area (Å²) in [6.45, 7) is 4.05. The number of rotatable bonds is 13. The smallest absolute Gasteiger partial charge is 0.408 e. The van der Waals surface area contributed by atoms with E-state index in [9.17, 15) is 14.4 Å². The van der Waals surface area contributed by atoms with E-state index in [-0.39, 0.29) is 30.7 Å². The Kier molecular flexibility index (Phi) is 11.9. The van der Waals surface area contributed by atoms with Gasteiger partial charge in [0, 0.05) is 11.3 Å². The van der Waals surface area contributed by atoms with E-state index < -0.39 is 24.1 Å². The number of hydrogen-bond donors (Lipinski definition) is 1. The van der Waals surface area contributed by atoms with Gasteiger partial charge in [-0.25, -0.2) is 9.59 Å². The lowest BCUT2D eigenvalue weighted by molar-refractivity contribution is -0.153. The number of amides is 2. The SMILES string of the molecule is COC(=O)[C@H](CC(C)C)N(CSc1ccccc1)C(=O)[C@H](Cc1ccccc1)NC(=O)OCc1ccccc1. The van der Waals surface area contributed by atoms with Crippen molar-refractivity contribution in [3.05, 3.63) is 102 Å². The zero-order valence-corrected chi connectivity index (χ0v) is 23.4. The largest absolute Gasteiger partial charge is 0.467 e. The van der Waals surface area contributed by atoms with Crippen molar-refractivity contribution in [2.75, 3.05) is 13.0 Å². The summed E-state index contributed by atoms with van der Waals surface area (Å²) < 4.78 is 10.5. The molecule has 0 bridgehead atoms. The van der Waals surface area contributed by atoms with Crippen LogP contribution >= 0.6 is 11.8 Å². The van der Waals surface area contributed by atoms with E-state index in [4.69, 9.17) is 9.47 Å². The summed E-state index contributed by atoms with van der Waals surface area (Å²) in [6.07, 6.45) is -0.0470. The number of thioether (sulfide) groups is 1. The molecule has 0 heterocycles. The van der Waals surface area contributed by atoms with Gasteiger partial charge in [-0.3, -0.25) is 4.79 Å². The molecule has 2 atom stereocenters. The average Bonchev–Trinajstić information content (AvgIpc) is 2.96. The minimum Gasteiger partial charge on any atom is -0.467 e. The van der Waals surface area contributed by atoms with Gasteiger partial charge >= 0.3 is 12.1 Å². The second-order valence-electron chi connectivity index (χ2n) is 9.51. The van der Waals surface area contributed by atoms with Crippen LogP contribution in [0.25, 0.3) is 0 Å². The number of benzene rings is 3. The highest BCUT2D eigenvalue weighted by atomic mass is 32.2. The van der Waals surface area contributed by atoms with E-state index in [0.717, 1.165) is 16.0 Å². The normalized spacial score (nSPS) is 12.3. The van der Waals surface area contributed by atoms with Crippen molar-refractivity contribution in [1.29, 1.82) is 0 Å². The van der Waals surface area contributed by atoms with Crippen LogP contribution in [-0.2, 0) is 32.1 Å². The highest BCUT2D eigenvalue weighted by Gasteiger charge is 2.36. The molecule has 3 aromatic rings. The molecule has 39 heavy (non-hydrogen) atoms. The zero-order chi connectivity index (χ0) is 28.0. The van der Waals surface area contributed by atoms with E-state index in [2.05, 4.69) is 5.32 Å². The molecule has 0 unspecified atom stereocenters. The fourth-order valence-corrected chi connectivity index (χ4v) is 5.00. The molecule has 0 radical (unpaired) electrons. The number of ether oxygens (including phenoxy) is 2. The first-order chi connectivity index (χ1) is 18.9. The van der Waals surface area contributed by atoms with Gasteiger partial charge in [0.2, 0.25) is 5.91 Å². The van der Waals surface area contributed by atoms with Gasteiger partial charge in [-0.1, -0.05) is 92.7 Å². The highest BCUT2D eigenvalue weighted by Crippen LogP contribution is 2.24. The van der Waals surface area contributed by atoms with Gasteiger partial charge in [-0.05, 0) is 35.6 Å². The molecule has 0 spiro atoms. The standard InChI is InChI=1S/C31H36N2O5S/c1-23(2)19-28(30(35)37-3)33(22-39-26-17-11-6-12-18-26)29(34)27(20-24-13-7-4-8-14-24)32-31(36)38-21-25-15-9-5-10-16-25/h4-18,23,27-28H,19-22H2,1-3H3,(H,32,36)/t27-,28-/m0/s1. The predicted octanol–water partition coefficient (Wildman–Crippen LogP) is 5.69. The lowest BCUT2D eigenvalue weighted by Crippen LogP contribution is -2.55. The number of alkyl carbamates (subject to hydrolysis) is 1. The number of hydrogen-bond acceptors (Lipinski definition) is 6. The Morgan fingerprint density at radius 3 is 1.97 bits per heavy atom. The van der Waals surface area contributed by atoms with Crippen LogP contribution in [0.4, 0.5) is 4.79 Å². The fraction of sp³-hybridized carbons (Fsp3) is 0.323. The summed E-state index contributed by atoms with van der Waals surface area (Å²) in [6, 6.07) is 26.7. The number of esters is 1. The molecule has 0 aliphatic carbocycles. The third-order valence-corrected chi connectivity index (χ3v) is 7.04. The molecule has 0 saturated heterocycles. The molecular formula is C31H36N2O5S. The van der Waals surface area contributed by atoms with Crippen LogP contribution in [0.15, 0.2) is 95.9 Å². The molecule has 0 saturated carbocycles. The molecule has 0 aliphatic heterocycles. The quantitative estimate of drug-likeness (QED) is 0.168. The van der Waals surface area contributed by atoms with Gasteiger partial charge in [0.15, 0.2) is 0 Å². The molecule has 0 aliphatic rings. The van der Waals surface area contributed by atoms with E-state index in [1.807, 2.05) is 105 Å². The Morgan fingerprint density at radius 1 is 0.846 bits per heavy atom. The minimum atomic E-state index is -0.952. The minimum absolute atomic E-state index is 0.0740. The van der Waals surface area contributed by atoms with Crippen LogP contribution in [0.5, 0.6) is 0 Å². The summed E-state index contributed by atoms with van der Waals surface area (Å²) in [5, 5.41) is 2.77. The van der Waals surface area contributed by atoms with Gasteiger partial charge in [-0.2, -0.15) is 0 Å². The molecule has 0 fully saturated rings. The van der Waals surface area contributed by atoms with Crippen molar-refractivity contribution in [2.45, 2.75) is 50.3 Å². The number of carbonyl (C=O) groups is 3. The van der Waals surface area contributed by atoms with E-state index in [0.29, 0.717) is 6.42 Å². The number of methoxy groups -OCH3 is 1. The van der Waals surface area contributed by atoms with Crippen molar-refractivity contribution >= 4 is 29.7 Å². The van der Waals surface area contributed by atoms with Crippen LogP contribution in [-0.4, -0.2) is 47.9 Å². The van der Waals surface area contributed by atoms with Crippen molar-refractivity contribution in [3.63, 3.8) is 0 Å². The van der Waals surface area contributed by atoms with Crippen LogP contribution in [0, 0.1) is 5.92 Å². The van der Waals surface area contributed by atoms with Crippen molar-refractivity contribution in [2.24, 2.45) is 5.92 Å². The maximum atomic E-state index is 14.2. The Morgan fingerprint density at radius 2 is 1.41 bits per heavy atom. The number of nitrogens with zero attached hydrogens (tertiary/aromatic N) is 1. The zero-order valence-electron chi connectivity index (χ0n) is 22.6. The first-order valence-electron chi connectivity index (χ1n) is 12.9. The highest BCUT2D eigenvalue weighted by molar-refractivity contribution is 7.99. The second kappa shape index (κ2) is 15.6. The topological polar surface area (TPSA) is 84.9 Å². The van der Waals surface area contributed by atoms with E-state index in [1.54, 1.807) is 0 Å². The van der Waals surface area contributed by atoms with Crippen molar-refractivity contribution in [1.82, 2.24) is 10.2 Å². The van der Waals surface area contributed by atoms with Gasteiger partial charge in [0.1, 0.15) is 18.7 Å². The summed E-state index contributed by atoms with van der Waals surface area (Å²) in [7, 11) is 1.32. The van der Waals surface area contributed by atoms with E-state index in [1.165, 1.54) is 23.8 Å². The maximum Gasteiger partial charge on any atom is 0.408 e. The number of nitrogens with one attached hydrogen (secondary N) is 1. The van der Waals surface area contributed by atoms with Gasteiger partial charge in [0.25, 0.3) is 0 Å². The second-order valence-corrected chi connectivity index (χ2v) is 10.5. The molecule has 3 rings (SSSR count). The Hall–Kier alpha value is -3.78. The van der Waals surface area contributed by atoms with Gasteiger partial charge < -0.3 is 19.7 Å². The predicted molar refractivity (Wildman–Crippen MR) is 153 cm³/mol. The molecule has 7 nitrogen and oxygen atoms in total. The monoisotopic (exact) mass is 548 g/mol. The maximum absolute atomic E-state index is 14.2. The average molecular weight is 549 g/mol. The van der Waals surface area contributed by atoms with Crippen molar-refractivity contribution < 1.29 is 23.9 Å². The summed E-state index contributed by atoms with van der Waals surface area (Å²) >= 11 is 1.44. The molecule has 2 amide bonds. The Bertz CT molecular complexity index is 1180. The molecular weight excluding hydrogens is 512 g/mol.